The molecule has 0 saturated carbocycles. The number of amides is 1. The van der Waals surface area contributed by atoms with Crippen LogP contribution in [0.2, 0.25) is 5.02 Å². The number of hydrogen-bond acceptors (Lipinski definition) is 5. The summed E-state index contributed by atoms with van der Waals surface area (Å²) >= 11 is 6.00. The van der Waals surface area contributed by atoms with Gasteiger partial charge in [-0.05, 0) is 49.7 Å². The largest absolute Gasteiger partial charge is 0.399 e. The quantitative estimate of drug-likeness (QED) is 0.690. The molecule has 0 radical (unpaired) electrons. The van der Waals surface area contributed by atoms with Crippen molar-refractivity contribution in [3.63, 3.8) is 0 Å². The molecule has 2 aromatic rings. The Kier molecular flexibility index (Phi) is 4.14. The first-order chi connectivity index (χ1) is 11.6. The molecular weight excluding hydrogens is 364 g/mol. The molecule has 1 aliphatic heterocycles. The molecule has 3 rings (SSSR count). The predicted octanol–water partition coefficient (Wildman–Crippen LogP) is 2.30. The van der Waals surface area contributed by atoms with Gasteiger partial charge >= 0.3 is 0 Å². The van der Waals surface area contributed by atoms with Crippen LogP contribution < -0.4 is 21.1 Å². The second-order valence-corrected chi connectivity index (χ2v) is 7.85. The molecule has 1 unspecified atom stereocenters. The zero-order chi connectivity index (χ0) is 18.5. The van der Waals surface area contributed by atoms with Gasteiger partial charge in [-0.1, -0.05) is 11.6 Å². The molecule has 9 heteroatoms. The van der Waals surface area contributed by atoms with Crippen LogP contribution in [0.4, 0.5) is 17.1 Å². The van der Waals surface area contributed by atoms with Gasteiger partial charge in [0.05, 0.1) is 16.3 Å². The number of carbonyl (C=O) groups excluding carboxylic acids is 1. The van der Waals surface area contributed by atoms with Gasteiger partial charge in [0.25, 0.3) is 5.91 Å². The number of benzene rings is 2. The van der Waals surface area contributed by atoms with E-state index in [-0.39, 0.29) is 27.6 Å². The van der Waals surface area contributed by atoms with Crippen LogP contribution in [-0.2, 0) is 10.0 Å². The molecule has 7 nitrogen and oxygen atoms in total. The number of halogens is 1. The Morgan fingerprint density at radius 2 is 1.92 bits per heavy atom. The van der Waals surface area contributed by atoms with Gasteiger partial charge < -0.3 is 11.1 Å². The second-order valence-electron chi connectivity index (χ2n) is 5.91. The molecule has 1 atom stereocenters. The van der Waals surface area contributed by atoms with E-state index < -0.39 is 10.0 Å². The van der Waals surface area contributed by atoms with Crippen molar-refractivity contribution >= 4 is 44.6 Å². The number of carbonyl (C=O) groups is 1. The molecule has 0 fully saturated rings. The Bertz CT molecular complexity index is 991. The van der Waals surface area contributed by atoms with Crippen molar-refractivity contribution in [1.82, 2.24) is 0 Å². The van der Waals surface area contributed by atoms with E-state index >= 15 is 0 Å². The third kappa shape index (κ3) is 3.04. The highest BCUT2D eigenvalue weighted by molar-refractivity contribution is 7.89. The zero-order valence-electron chi connectivity index (χ0n) is 13.6. The minimum absolute atomic E-state index is 0.0362. The lowest BCUT2D eigenvalue weighted by Crippen LogP contribution is -2.47. The van der Waals surface area contributed by atoms with Gasteiger partial charge in [0, 0.05) is 11.4 Å². The van der Waals surface area contributed by atoms with Crippen molar-refractivity contribution < 1.29 is 13.2 Å². The molecule has 25 heavy (non-hydrogen) atoms. The van der Waals surface area contributed by atoms with Gasteiger partial charge in [-0.3, -0.25) is 9.69 Å². The zero-order valence-corrected chi connectivity index (χ0v) is 15.1. The third-order valence-electron chi connectivity index (χ3n) is 4.06. The van der Waals surface area contributed by atoms with Crippen LogP contribution in [0.25, 0.3) is 0 Å². The maximum atomic E-state index is 13.0. The summed E-state index contributed by atoms with van der Waals surface area (Å²) in [6.45, 7) is 3.66. The monoisotopic (exact) mass is 380 g/mol. The highest BCUT2D eigenvalue weighted by Gasteiger charge is 2.33. The maximum Gasteiger partial charge on any atom is 0.262 e. The summed E-state index contributed by atoms with van der Waals surface area (Å²) in [5.74, 6) is -0.351. The second kappa shape index (κ2) is 5.91. The van der Waals surface area contributed by atoms with Crippen LogP contribution >= 0.6 is 11.6 Å². The highest BCUT2D eigenvalue weighted by atomic mass is 35.5. The van der Waals surface area contributed by atoms with Gasteiger partial charge in [-0.25, -0.2) is 13.6 Å². The first-order valence-corrected chi connectivity index (χ1v) is 9.34. The van der Waals surface area contributed by atoms with E-state index in [2.05, 4.69) is 5.32 Å². The summed E-state index contributed by atoms with van der Waals surface area (Å²) in [7, 11) is -4.05. The highest BCUT2D eigenvalue weighted by Crippen LogP contribution is 2.35. The number of nitrogen functional groups attached to an aromatic ring is 1. The number of anilines is 3. The Balaban J connectivity index is 2.16. The van der Waals surface area contributed by atoms with Crippen molar-refractivity contribution in [2.75, 3.05) is 16.0 Å². The van der Waals surface area contributed by atoms with Gasteiger partial charge in [0.15, 0.2) is 0 Å². The number of sulfonamides is 1. The van der Waals surface area contributed by atoms with E-state index in [9.17, 15) is 13.2 Å². The third-order valence-corrected chi connectivity index (χ3v) is 5.44. The normalized spacial score (nSPS) is 17.2. The van der Waals surface area contributed by atoms with Crippen LogP contribution in [0.3, 0.4) is 0 Å². The SMILES string of the molecule is Cc1cc(N)ccc1N1C(=O)c2cc(S(N)(=O)=O)c(Cl)cc2NC1C. The Morgan fingerprint density at radius 1 is 1.24 bits per heavy atom. The van der Waals surface area contributed by atoms with Gasteiger partial charge in [0.2, 0.25) is 10.0 Å². The summed E-state index contributed by atoms with van der Waals surface area (Å²) in [6.07, 6.45) is -0.362. The molecule has 1 aliphatic rings. The molecule has 5 N–H and O–H groups in total. The van der Waals surface area contributed by atoms with Crippen LogP contribution in [0.1, 0.15) is 22.8 Å². The number of fused-ring (bicyclic) bond motifs is 1. The van der Waals surface area contributed by atoms with E-state index in [1.807, 2.05) is 13.8 Å². The predicted molar refractivity (Wildman–Crippen MR) is 98.3 cm³/mol. The molecule has 1 amide bonds. The molecule has 0 aliphatic carbocycles. The van der Waals surface area contributed by atoms with E-state index in [4.69, 9.17) is 22.5 Å². The first-order valence-electron chi connectivity index (χ1n) is 7.42. The molecule has 0 spiro atoms. The average molecular weight is 381 g/mol. The van der Waals surface area contributed by atoms with Gasteiger partial charge in [0.1, 0.15) is 11.1 Å². The van der Waals surface area contributed by atoms with Crippen LogP contribution in [0.15, 0.2) is 35.2 Å². The lowest BCUT2D eigenvalue weighted by atomic mass is 10.0. The minimum Gasteiger partial charge on any atom is -0.399 e. The molecule has 1 heterocycles. The van der Waals surface area contributed by atoms with Crippen molar-refractivity contribution in [3.05, 3.63) is 46.5 Å². The number of primary sulfonamides is 1. The fraction of sp³-hybridized carbons (Fsp3) is 0.188. The van der Waals surface area contributed by atoms with Crippen LogP contribution in [-0.4, -0.2) is 20.5 Å². The molecule has 0 saturated heterocycles. The summed E-state index contributed by atoms with van der Waals surface area (Å²) in [5, 5.41) is 8.30. The fourth-order valence-corrected chi connectivity index (χ4v) is 4.03. The molecular formula is C16H17ClN4O3S. The smallest absolute Gasteiger partial charge is 0.262 e. The maximum absolute atomic E-state index is 13.0. The van der Waals surface area contributed by atoms with Crippen molar-refractivity contribution in [3.8, 4) is 0 Å². The topological polar surface area (TPSA) is 119 Å². The molecule has 2 aromatic carbocycles. The summed E-state index contributed by atoms with van der Waals surface area (Å²) in [6, 6.07) is 7.83. The van der Waals surface area contributed by atoms with Gasteiger partial charge in [-0.15, -0.1) is 0 Å². The number of nitrogens with one attached hydrogen (secondary N) is 1. The average Bonchev–Trinajstić information content (AvgIpc) is 2.47. The first kappa shape index (κ1) is 17.5. The number of nitrogens with two attached hydrogens (primary N) is 2. The van der Waals surface area contributed by atoms with E-state index in [0.717, 1.165) is 5.56 Å². The summed E-state index contributed by atoms with van der Waals surface area (Å²) < 4.78 is 23.4. The summed E-state index contributed by atoms with van der Waals surface area (Å²) in [4.78, 5) is 14.3. The number of rotatable bonds is 2. The van der Waals surface area contributed by atoms with E-state index in [0.29, 0.717) is 17.1 Å². The van der Waals surface area contributed by atoms with Crippen molar-refractivity contribution in [2.45, 2.75) is 24.9 Å². The Morgan fingerprint density at radius 3 is 2.52 bits per heavy atom. The Hall–Kier alpha value is -2.29. The van der Waals surface area contributed by atoms with Gasteiger partial charge in [-0.2, -0.15) is 0 Å². The minimum atomic E-state index is -4.05. The number of nitrogens with zero attached hydrogens (tertiary/aromatic N) is 1. The molecule has 0 aromatic heterocycles. The number of hydrogen-bond donors (Lipinski definition) is 3. The standard InChI is InChI=1S/C16H17ClN4O3S/c1-8-5-10(18)3-4-14(8)21-9(2)20-13-7-12(17)15(25(19,23)24)6-11(13)16(21)22/h3-7,9,20H,18H2,1-2H3,(H2,19,23,24). The van der Waals surface area contributed by atoms with Crippen molar-refractivity contribution in [2.24, 2.45) is 5.14 Å². The van der Waals surface area contributed by atoms with Crippen LogP contribution in [0, 0.1) is 6.92 Å². The molecule has 132 valence electrons. The lowest BCUT2D eigenvalue weighted by molar-refractivity contribution is 0.0976. The van der Waals surface area contributed by atoms with Crippen molar-refractivity contribution in [1.29, 1.82) is 0 Å². The Labute approximate surface area is 150 Å². The number of aryl methyl sites for hydroxylation is 1. The van der Waals surface area contributed by atoms with E-state index in [1.54, 1.807) is 18.2 Å². The van der Waals surface area contributed by atoms with E-state index in [1.165, 1.54) is 17.0 Å². The lowest BCUT2D eigenvalue weighted by Gasteiger charge is -2.37. The fourth-order valence-electron chi connectivity index (χ4n) is 2.93. The molecule has 0 bridgehead atoms. The summed E-state index contributed by atoms with van der Waals surface area (Å²) in [5.41, 5.74) is 8.51. The van der Waals surface area contributed by atoms with Crippen LogP contribution in [0.5, 0.6) is 0 Å².